The number of hydrogen-bond acceptors (Lipinski definition) is 3. The van der Waals surface area contributed by atoms with E-state index in [0.717, 1.165) is 32.1 Å². The molecule has 0 rings (SSSR count). The Morgan fingerprint density at radius 3 is 0.682 bits per heavy atom. The van der Waals surface area contributed by atoms with Gasteiger partial charge in [-0.15, -0.1) is 0 Å². The van der Waals surface area contributed by atoms with Gasteiger partial charge >= 0.3 is 0 Å². The second kappa shape index (κ2) is 77.1. The number of aliphatic hydroxyl groups excluding tert-OH is 2. The summed E-state index contributed by atoms with van der Waals surface area (Å²) < 4.78 is 0. The van der Waals surface area contributed by atoms with Crippen LogP contribution in [0, 0.1) is 0 Å². The fourth-order valence-electron chi connectivity index (χ4n) is 13.1. The van der Waals surface area contributed by atoms with Crippen LogP contribution >= 0.6 is 0 Å². The predicted molar refractivity (Wildman–Crippen MR) is 382 cm³/mol. The standard InChI is InChI=1S/C81H159NO3/c1-3-5-7-9-11-13-15-17-19-21-23-25-27-29-31-33-35-37-38-39-40-41-42-43-44-45-47-49-51-53-55-57-59-61-63-65-67-69-71-73-75-77-81(85)82-79(78-83)80(84)76-74-72-70-68-66-64-62-60-58-56-54-52-50-48-46-36-34-32-30-28-26-24-22-20-18-16-14-12-10-8-6-4-2/h66,68,74,76,79-80,83-84H,3-65,67,69-73,75,77-78H2,1-2H3,(H,82,85)/b68-66+,76-74+. The molecule has 0 saturated carbocycles. The maximum absolute atomic E-state index is 12.6. The summed E-state index contributed by atoms with van der Waals surface area (Å²) in [5.74, 6) is -0.0627. The highest BCUT2D eigenvalue weighted by atomic mass is 16.3. The van der Waals surface area contributed by atoms with E-state index in [0.29, 0.717) is 6.42 Å². The number of nitrogens with one attached hydrogen (secondary N) is 1. The van der Waals surface area contributed by atoms with Gasteiger partial charge in [0.1, 0.15) is 0 Å². The first-order valence-corrected chi connectivity index (χ1v) is 40.1. The van der Waals surface area contributed by atoms with Crippen molar-refractivity contribution in [2.45, 2.75) is 482 Å². The van der Waals surface area contributed by atoms with Crippen molar-refractivity contribution in [2.24, 2.45) is 0 Å². The van der Waals surface area contributed by atoms with Gasteiger partial charge in [-0.2, -0.15) is 0 Å². The van der Waals surface area contributed by atoms with Crippen LogP contribution < -0.4 is 5.32 Å². The van der Waals surface area contributed by atoms with Crippen molar-refractivity contribution < 1.29 is 15.0 Å². The molecule has 0 radical (unpaired) electrons. The van der Waals surface area contributed by atoms with Crippen LogP contribution in [-0.2, 0) is 4.79 Å². The monoisotopic (exact) mass is 1190 g/mol. The van der Waals surface area contributed by atoms with Crippen LogP contribution in [0.3, 0.4) is 0 Å². The van der Waals surface area contributed by atoms with Crippen LogP contribution in [0.25, 0.3) is 0 Å². The molecule has 0 saturated heterocycles. The van der Waals surface area contributed by atoms with Crippen molar-refractivity contribution in [3.63, 3.8) is 0 Å². The molecule has 0 aliphatic heterocycles. The molecule has 2 atom stereocenters. The van der Waals surface area contributed by atoms with E-state index < -0.39 is 12.1 Å². The van der Waals surface area contributed by atoms with E-state index in [4.69, 9.17) is 0 Å². The van der Waals surface area contributed by atoms with E-state index in [-0.39, 0.29) is 12.5 Å². The molecule has 0 aliphatic carbocycles. The van der Waals surface area contributed by atoms with Crippen molar-refractivity contribution in [3.8, 4) is 0 Å². The van der Waals surface area contributed by atoms with Gasteiger partial charge in [0, 0.05) is 6.42 Å². The number of hydrogen-bond donors (Lipinski definition) is 3. The summed E-state index contributed by atoms with van der Waals surface area (Å²) >= 11 is 0. The number of carbonyl (C=O) groups excluding carboxylic acids is 1. The molecule has 0 spiro atoms. The van der Waals surface area contributed by atoms with Crippen LogP contribution in [0.15, 0.2) is 24.3 Å². The van der Waals surface area contributed by atoms with E-state index >= 15 is 0 Å². The van der Waals surface area contributed by atoms with Gasteiger partial charge in [-0.05, 0) is 32.1 Å². The molecule has 1 amide bonds. The lowest BCUT2D eigenvalue weighted by Gasteiger charge is -2.19. The van der Waals surface area contributed by atoms with Crippen molar-refractivity contribution in [1.82, 2.24) is 5.32 Å². The van der Waals surface area contributed by atoms with E-state index in [9.17, 15) is 15.0 Å². The van der Waals surface area contributed by atoms with Gasteiger partial charge in [0.05, 0.1) is 18.8 Å². The number of unbranched alkanes of at least 4 members (excludes halogenated alkanes) is 67. The predicted octanol–water partition coefficient (Wildman–Crippen LogP) is 27.7. The van der Waals surface area contributed by atoms with Gasteiger partial charge in [-0.3, -0.25) is 4.79 Å². The van der Waals surface area contributed by atoms with Crippen molar-refractivity contribution in [3.05, 3.63) is 24.3 Å². The van der Waals surface area contributed by atoms with E-state index in [1.807, 2.05) is 6.08 Å². The zero-order chi connectivity index (χ0) is 61.2. The third-order valence-corrected chi connectivity index (χ3v) is 19.2. The minimum Gasteiger partial charge on any atom is -0.394 e. The van der Waals surface area contributed by atoms with Gasteiger partial charge in [-0.25, -0.2) is 0 Å². The molecule has 506 valence electrons. The summed E-state index contributed by atoms with van der Waals surface area (Å²) in [5, 5.41) is 23.3. The summed E-state index contributed by atoms with van der Waals surface area (Å²) in [4.78, 5) is 12.6. The summed E-state index contributed by atoms with van der Waals surface area (Å²) in [6.45, 7) is 4.36. The summed E-state index contributed by atoms with van der Waals surface area (Å²) in [5.41, 5.74) is 0. The first-order valence-electron chi connectivity index (χ1n) is 40.1. The van der Waals surface area contributed by atoms with E-state index in [2.05, 4.69) is 31.3 Å². The Balaban J connectivity index is 3.38. The molecule has 4 nitrogen and oxygen atoms in total. The number of amides is 1. The lowest BCUT2D eigenvalue weighted by molar-refractivity contribution is -0.123. The number of allylic oxidation sites excluding steroid dienone is 3. The molecule has 3 N–H and O–H groups in total. The minimum absolute atomic E-state index is 0.0627. The average molecular weight is 1200 g/mol. The van der Waals surface area contributed by atoms with Crippen LogP contribution in [0.2, 0.25) is 0 Å². The van der Waals surface area contributed by atoms with Crippen LogP contribution in [0.5, 0.6) is 0 Å². The quantitative estimate of drug-likeness (QED) is 0.0420. The van der Waals surface area contributed by atoms with Gasteiger partial charge < -0.3 is 15.5 Å². The smallest absolute Gasteiger partial charge is 0.220 e. The average Bonchev–Trinajstić information content (AvgIpc) is 3.52. The lowest BCUT2D eigenvalue weighted by Crippen LogP contribution is -2.45. The molecule has 4 heteroatoms. The third-order valence-electron chi connectivity index (χ3n) is 19.2. The van der Waals surface area contributed by atoms with E-state index in [1.165, 1.54) is 417 Å². The highest BCUT2D eigenvalue weighted by Gasteiger charge is 2.18. The molecule has 0 fully saturated rings. The largest absolute Gasteiger partial charge is 0.394 e. The fourth-order valence-corrected chi connectivity index (χ4v) is 13.1. The first kappa shape index (κ1) is 83.9. The molecule has 0 aliphatic rings. The molecule has 0 aromatic carbocycles. The number of carbonyl (C=O) groups is 1. The van der Waals surface area contributed by atoms with Gasteiger partial charge in [0.25, 0.3) is 0 Å². The zero-order valence-electron chi connectivity index (χ0n) is 58.7. The molecular formula is C81H159NO3. The van der Waals surface area contributed by atoms with Crippen LogP contribution in [-0.4, -0.2) is 34.9 Å². The fraction of sp³-hybridized carbons (Fsp3) is 0.938. The zero-order valence-corrected chi connectivity index (χ0v) is 58.7. The molecule has 0 aromatic heterocycles. The third kappa shape index (κ3) is 73.5. The molecular weight excluding hydrogens is 1030 g/mol. The molecule has 85 heavy (non-hydrogen) atoms. The topological polar surface area (TPSA) is 69.6 Å². The maximum Gasteiger partial charge on any atom is 0.220 e. The van der Waals surface area contributed by atoms with Crippen molar-refractivity contribution in [2.75, 3.05) is 6.61 Å². The van der Waals surface area contributed by atoms with E-state index in [1.54, 1.807) is 6.08 Å². The normalized spacial score (nSPS) is 12.7. The first-order chi connectivity index (χ1) is 42.2. The highest BCUT2D eigenvalue weighted by Crippen LogP contribution is 2.21. The Labute approximate surface area is 536 Å². The number of aliphatic hydroxyl groups is 2. The van der Waals surface area contributed by atoms with Crippen LogP contribution in [0.1, 0.15) is 470 Å². The highest BCUT2D eigenvalue weighted by molar-refractivity contribution is 5.76. The van der Waals surface area contributed by atoms with Crippen molar-refractivity contribution >= 4 is 5.91 Å². The molecule has 0 heterocycles. The SMILES string of the molecule is CCCCCCCCCCCCCCCCCCCCCCCCCCCC/C=C/CC/C=C/C(O)C(CO)NC(=O)CCCCCCCCCCCCCCCCCCCCCCCCCCCCCCCCCCCCCCCCCCC. The summed E-state index contributed by atoms with van der Waals surface area (Å²) in [7, 11) is 0. The Morgan fingerprint density at radius 2 is 0.459 bits per heavy atom. The molecule has 2 unspecified atom stereocenters. The molecule has 0 aromatic rings. The maximum atomic E-state index is 12.6. The summed E-state index contributed by atoms with van der Waals surface area (Å²) in [6.07, 6.45) is 106. The lowest BCUT2D eigenvalue weighted by atomic mass is 10.0. The second-order valence-electron chi connectivity index (χ2n) is 27.8. The van der Waals surface area contributed by atoms with Crippen molar-refractivity contribution in [1.29, 1.82) is 0 Å². The van der Waals surface area contributed by atoms with Gasteiger partial charge in [0.15, 0.2) is 0 Å². The Morgan fingerprint density at radius 1 is 0.271 bits per heavy atom. The summed E-state index contributed by atoms with van der Waals surface area (Å²) in [6, 6.07) is -0.639. The Hall–Kier alpha value is -1.13. The number of rotatable bonds is 76. The van der Waals surface area contributed by atoms with Gasteiger partial charge in [-0.1, -0.05) is 456 Å². The van der Waals surface area contributed by atoms with Gasteiger partial charge in [0.2, 0.25) is 5.91 Å². The Bertz CT molecular complexity index is 1260. The van der Waals surface area contributed by atoms with Crippen LogP contribution in [0.4, 0.5) is 0 Å². The Kier molecular flexibility index (Phi) is 76.1. The molecule has 0 bridgehead atoms. The minimum atomic E-state index is -0.862. The second-order valence-corrected chi connectivity index (χ2v) is 27.8.